The van der Waals surface area contributed by atoms with Gasteiger partial charge in [0.05, 0.1) is 0 Å². The van der Waals surface area contributed by atoms with Gasteiger partial charge in [0.25, 0.3) is 0 Å². The zero-order chi connectivity index (χ0) is 16.1. The lowest BCUT2D eigenvalue weighted by Gasteiger charge is -2.10. The van der Waals surface area contributed by atoms with E-state index in [9.17, 15) is 9.18 Å². The molecule has 116 valence electrons. The van der Waals surface area contributed by atoms with Crippen molar-refractivity contribution in [1.82, 2.24) is 0 Å². The highest BCUT2D eigenvalue weighted by atomic mass is 79.9. The summed E-state index contributed by atoms with van der Waals surface area (Å²) in [4.78, 5) is 12.7. The summed E-state index contributed by atoms with van der Waals surface area (Å²) in [6.45, 7) is 4.05. The summed E-state index contributed by atoms with van der Waals surface area (Å²) in [6.07, 6.45) is 0.627. The molecule has 0 N–H and O–H groups in total. The predicted molar refractivity (Wildman–Crippen MR) is 95.2 cm³/mol. The average molecular weight is 381 g/mol. The van der Waals surface area contributed by atoms with Gasteiger partial charge in [-0.15, -0.1) is 0 Å². The maximum Gasteiger partial charge on any atom is 0.194 e. The second-order valence-electron chi connectivity index (χ2n) is 4.94. The van der Waals surface area contributed by atoms with Gasteiger partial charge >= 0.3 is 0 Å². The minimum atomic E-state index is -0.306. The Bertz CT molecular complexity index is 685. The third-order valence-electron chi connectivity index (χ3n) is 3.44. The van der Waals surface area contributed by atoms with Gasteiger partial charge < -0.3 is 0 Å². The Labute approximate surface area is 143 Å². The van der Waals surface area contributed by atoms with Gasteiger partial charge in [0.15, 0.2) is 5.78 Å². The quantitative estimate of drug-likeness (QED) is 0.603. The van der Waals surface area contributed by atoms with Gasteiger partial charge in [0.1, 0.15) is 5.82 Å². The summed E-state index contributed by atoms with van der Waals surface area (Å²) in [6, 6.07) is 10.2. The van der Waals surface area contributed by atoms with Crippen LogP contribution in [0.2, 0.25) is 0 Å². The molecule has 0 saturated heterocycles. The van der Waals surface area contributed by atoms with E-state index in [1.807, 2.05) is 36.9 Å². The molecule has 0 aliphatic heterocycles. The first-order chi connectivity index (χ1) is 10.6. The highest BCUT2D eigenvalue weighted by molar-refractivity contribution is 9.10. The number of aryl methyl sites for hydroxylation is 1. The van der Waals surface area contributed by atoms with Gasteiger partial charge in [-0.05, 0) is 53.6 Å². The number of ketones is 1. The van der Waals surface area contributed by atoms with Gasteiger partial charge in [-0.3, -0.25) is 4.79 Å². The van der Waals surface area contributed by atoms with Crippen molar-refractivity contribution in [2.75, 3.05) is 5.75 Å². The second-order valence-corrected chi connectivity index (χ2v) is 7.06. The molecule has 0 heterocycles. The number of hydrogen-bond acceptors (Lipinski definition) is 2. The first-order valence-electron chi connectivity index (χ1n) is 7.26. The molecule has 4 heteroatoms. The molecule has 1 nitrogen and oxygen atoms in total. The van der Waals surface area contributed by atoms with Crippen LogP contribution in [0, 0.1) is 5.82 Å². The minimum absolute atomic E-state index is 0.0709. The molecule has 2 aromatic carbocycles. The Balaban J connectivity index is 2.33. The van der Waals surface area contributed by atoms with Crippen LogP contribution in [0.4, 0.5) is 4.39 Å². The molecule has 2 rings (SSSR count). The van der Waals surface area contributed by atoms with E-state index in [2.05, 4.69) is 22.9 Å². The summed E-state index contributed by atoms with van der Waals surface area (Å²) >= 11 is 5.33. The normalized spacial score (nSPS) is 10.7. The molecular formula is C18H18BrFOS. The average Bonchev–Trinajstić information content (AvgIpc) is 2.52. The number of rotatable bonds is 6. The van der Waals surface area contributed by atoms with Gasteiger partial charge in [0.2, 0.25) is 0 Å². The standard InChI is InChI=1S/C18H18BrFOS/c1-3-13-10-14(20)6-8-15(13)18(21)16-7-5-12(9-17(16)19)11-22-4-2/h5-10H,3-4,11H2,1-2H3. The molecule has 0 spiro atoms. The Morgan fingerprint density at radius 1 is 1.14 bits per heavy atom. The number of benzene rings is 2. The number of carbonyl (C=O) groups excluding carboxylic acids is 1. The molecule has 0 aromatic heterocycles. The van der Waals surface area contributed by atoms with Crippen molar-refractivity contribution < 1.29 is 9.18 Å². The Morgan fingerprint density at radius 2 is 1.86 bits per heavy atom. The summed E-state index contributed by atoms with van der Waals surface area (Å²) in [5.74, 6) is 1.62. The van der Waals surface area contributed by atoms with Crippen molar-refractivity contribution in [3.8, 4) is 0 Å². The molecule has 0 unspecified atom stereocenters. The predicted octanol–water partition coefficient (Wildman–Crippen LogP) is 5.63. The number of hydrogen-bond donors (Lipinski definition) is 0. The summed E-state index contributed by atoms with van der Waals surface area (Å²) in [5.41, 5.74) is 3.11. The van der Waals surface area contributed by atoms with Crippen LogP contribution >= 0.6 is 27.7 Å². The lowest BCUT2D eigenvalue weighted by molar-refractivity contribution is 0.103. The van der Waals surface area contributed by atoms with Gasteiger partial charge in [-0.25, -0.2) is 4.39 Å². The molecule has 0 radical (unpaired) electrons. The molecule has 22 heavy (non-hydrogen) atoms. The first kappa shape index (κ1) is 17.2. The fraction of sp³-hybridized carbons (Fsp3) is 0.278. The molecule has 0 aliphatic carbocycles. The van der Waals surface area contributed by atoms with Crippen molar-refractivity contribution in [1.29, 1.82) is 0 Å². The van der Waals surface area contributed by atoms with Crippen molar-refractivity contribution in [2.24, 2.45) is 0 Å². The van der Waals surface area contributed by atoms with E-state index in [0.717, 1.165) is 21.5 Å². The van der Waals surface area contributed by atoms with E-state index in [1.165, 1.54) is 17.7 Å². The molecular weight excluding hydrogens is 363 g/mol. The van der Waals surface area contributed by atoms with Crippen molar-refractivity contribution in [2.45, 2.75) is 26.0 Å². The smallest absolute Gasteiger partial charge is 0.194 e. The maximum atomic E-state index is 13.3. The SMILES string of the molecule is CCSCc1ccc(C(=O)c2ccc(F)cc2CC)c(Br)c1. The highest BCUT2D eigenvalue weighted by Gasteiger charge is 2.16. The van der Waals surface area contributed by atoms with Gasteiger partial charge in [0, 0.05) is 21.4 Å². The van der Waals surface area contributed by atoms with Crippen molar-refractivity contribution in [3.63, 3.8) is 0 Å². The largest absolute Gasteiger partial charge is 0.289 e. The van der Waals surface area contributed by atoms with Crippen LogP contribution in [0.25, 0.3) is 0 Å². The van der Waals surface area contributed by atoms with Gasteiger partial charge in [-0.1, -0.05) is 35.8 Å². The molecule has 0 bridgehead atoms. The maximum absolute atomic E-state index is 13.3. The Hall–Kier alpha value is -1.13. The molecule has 0 amide bonds. The zero-order valence-electron chi connectivity index (χ0n) is 12.7. The molecule has 0 aliphatic rings. The third-order valence-corrected chi connectivity index (χ3v) is 5.05. The van der Waals surface area contributed by atoms with Crippen molar-refractivity contribution >= 4 is 33.5 Å². The van der Waals surface area contributed by atoms with E-state index >= 15 is 0 Å². The summed E-state index contributed by atoms with van der Waals surface area (Å²) in [7, 11) is 0. The van der Waals surface area contributed by atoms with Crippen LogP contribution in [0.1, 0.15) is 40.9 Å². The zero-order valence-corrected chi connectivity index (χ0v) is 15.1. The lowest BCUT2D eigenvalue weighted by Crippen LogP contribution is -2.07. The third kappa shape index (κ3) is 3.99. The van der Waals surface area contributed by atoms with Crippen LogP contribution < -0.4 is 0 Å². The number of halogens is 2. The Morgan fingerprint density at radius 3 is 2.50 bits per heavy atom. The fourth-order valence-corrected chi connectivity index (χ4v) is 3.50. The highest BCUT2D eigenvalue weighted by Crippen LogP contribution is 2.25. The molecule has 0 atom stereocenters. The second kappa shape index (κ2) is 7.93. The first-order valence-corrected chi connectivity index (χ1v) is 9.20. The molecule has 2 aromatic rings. The van der Waals surface area contributed by atoms with Crippen LogP contribution in [0.5, 0.6) is 0 Å². The van der Waals surface area contributed by atoms with Crippen LogP contribution in [0.3, 0.4) is 0 Å². The number of carbonyl (C=O) groups is 1. The van der Waals surface area contributed by atoms with E-state index in [0.29, 0.717) is 17.5 Å². The van der Waals surface area contributed by atoms with E-state index < -0.39 is 0 Å². The Kier molecular flexibility index (Phi) is 6.21. The monoisotopic (exact) mass is 380 g/mol. The molecule has 0 saturated carbocycles. The lowest BCUT2D eigenvalue weighted by atomic mass is 9.96. The minimum Gasteiger partial charge on any atom is -0.289 e. The van der Waals surface area contributed by atoms with Gasteiger partial charge in [-0.2, -0.15) is 11.8 Å². The molecule has 0 fully saturated rings. The summed E-state index contributed by atoms with van der Waals surface area (Å²) in [5, 5.41) is 0. The number of thioether (sulfide) groups is 1. The van der Waals surface area contributed by atoms with E-state index in [4.69, 9.17) is 0 Å². The van der Waals surface area contributed by atoms with Crippen LogP contribution in [0.15, 0.2) is 40.9 Å². The van der Waals surface area contributed by atoms with E-state index in [1.54, 1.807) is 6.07 Å². The fourth-order valence-electron chi connectivity index (χ4n) is 2.27. The topological polar surface area (TPSA) is 17.1 Å². The summed E-state index contributed by atoms with van der Waals surface area (Å²) < 4.78 is 14.1. The van der Waals surface area contributed by atoms with Crippen molar-refractivity contribution in [3.05, 3.63) is 68.9 Å². The van der Waals surface area contributed by atoms with E-state index in [-0.39, 0.29) is 11.6 Å². The van der Waals surface area contributed by atoms with Crippen LogP contribution in [-0.2, 0) is 12.2 Å². The van der Waals surface area contributed by atoms with Crippen LogP contribution in [-0.4, -0.2) is 11.5 Å².